The number of hydrogen-bond donors (Lipinski definition) is 1. The van der Waals surface area contributed by atoms with Crippen molar-refractivity contribution in [3.63, 3.8) is 0 Å². The van der Waals surface area contributed by atoms with Gasteiger partial charge in [0, 0.05) is 18.6 Å². The molecule has 0 aliphatic rings. The Labute approximate surface area is 106 Å². The van der Waals surface area contributed by atoms with Crippen LogP contribution in [0.2, 0.25) is 5.02 Å². The molecule has 0 aliphatic heterocycles. The summed E-state index contributed by atoms with van der Waals surface area (Å²) >= 11 is 6.15. The van der Waals surface area contributed by atoms with Crippen LogP contribution in [0.4, 0.5) is 0 Å². The van der Waals surface area contributed by atoms with Gasteiger partial charge in [0.25, 0.3) is 0 Å². The van der Waals surface area contributed by atoms with Crippen LogP contribution in [0.15, 0.2) is 24.5 Å². The molecule has 0 aliphatic carbocycles. The maximum atomic E-state index is 6.15. The van der Waals surface area contributed by atoms with Gasteiger partial charge in [-0.05, 0) is 24.1 Å². The molecule has 4 nitrogen and oxygen atoms in total. The van der Waals surface area contributed by atoms with Crippen LogP contribution in [0.1, 0.15) is 17.0 Å². The van der Waals surface area contributed by atoms with Gasteiger partial charge in [0.2, 0.25) is 0 Å². The lowest BCUT2D eigenvalue weighted by molar-refractivity contribution is 0.637. The summed E-state index contributed by atoms with van der Waals surface area (Å²) < 4.78 is 1.89. The third-order valence-corrected chi connectivity index (χ3v) is 2.96. The molecular weight excluding hydrogens is 236 g/mol. The van der Waals surface area contributed by atoms with Crippen molar-refractivity contribution in [1.82, 2.24) is 20.1 Å². The molecule has 0 fully saturated rings. The fraction of sp³-hybridized carbons (Fsp3) is 0.333. The van der Waals surface area contributed by atoms with E-state index < -0.39 is 0 Å². The van der Waals surface area contributed by atoms with Crippen LogP contribution in [0.3, 0.4) is 0 Å². The summed E-state index contributed by atoms with van der Waals surface area (Å²) in [6.45, 7) is 3.44. The standard InChI is InChI=1S/C12H15ClN4/c1-9-3-4-10(11(13)5-9)6-14-7-12-16-15-8-17(12)2/h3-5,8,14H,6-7H2,1-2H3. The lowest BCUT2D eigenvalue weighted by Crippen LogP contribution is -2.16. The topological polar surface area (TPSA) is 42.7 Å². The van der Waals surface area contributed by atoms with Gasteiger partial charge in [-0.15, -0.1) is 10.2 Å². The maximum Gasteiger partial charge on any atom is 0.146 e. The lowest BCUT2D eigenvalue weighted by Gasteiger charge is -2.07. The van der Waals surface area contributed by atoms with E-state index in [1.54, 1.807) is 6.33 Å². The molecule has 0 saturated heterocycles. The van der Waals surface area contributed by atoms with E-state index in [0.717, 1.165) is 23.0 Å². The van der Waals surface area contributed by atoms with Crippen LogP contribution in [0, 0.1) is 6.92 Å². The molecule has 0 unspecified atom stereocenters. The van der Waals surface area contributed by atoms with E-state index in [2.05, 4.69) is 21.6 Å². The average Bonchev–Trinajstić information content (AvgIpc) is 2.68. The summed E-state index contributed by atoms with van der Waals surface area (Å²) in [4.78, 5) is 0. The summed E-state index contributed by atoms with van der Waals surface area (Å²) in [7, 11) is 1.93. The van der Waals surface area contributed by atoms with Gasteiger partial charge < -0.3 is 9.88 Å². The molecule has 1 heterocycles. The Kier molecular flexibility index (Phi) is 3.76. The van der Waals surface area contributed by atoms with Crippen molar-refractivity contribution in [3.8, 4) is 0 Å². The Bertz CT molecular complexity index is 507. The summed E-state index contributed by atoms with van der Waals surface area (Å²) in [6.07, 6.45) is 1.69. The number of nitrogens with one attached hydrogen (secondary N) is 1. The van der Waals surface area contributed by atoms with Crippen molar-refractivity contribution in [2.45, 2.75) is 20.0 Å². The van der Waals surface area contributed by atoms with Crippen LogP contribution < -0.4 is 5.32 Å². The smallest absolute Gasteiger partial charge is 0.146 e. The Balaban J connectivity index is 1.92. The zero-order valence-corrected chi connectivity index (χ0v) is 10.7. The van der Waals surface area contributed by atoms with E-state index in [1.165, 1.54) is 5.56 Å². The van der Waals surface area contributed by atoms with E-state index in [-0.39, 0.29) is 0 Å². The van der Waals surface area contributed by atoms with E-state index in [4.69, 9.17) is 11.6 Å². The van der Waals surface area contributed by atoms with E-state index in [0.29, 0.717) is 6.54 Å². The SMILES string of the molecule is Cc1ccc(CNCc2nncn2C)c(Cl)c1. The monoisotopic (exact) mass is 250 g/mol. The highest BCUT2D eigenvalue weighted by atomic mass is 35.5. The number of aryl methyl sites for hydroxylation is 2. The number of nitrogens with zero attached hydrogens (tertiary/aromatic N) is 3. The Morgan fingerprint density at radius 2 is 2.18 bits per heavy atom. The first-order valence-electron chi connectivity index (χ1n) is 5.45. The summed E-state index contributed by atoms with van der Waals surface area (Å²) in [6, 6.07) is 6.08. The van der Waals surface area contributed by atoms with Crippen molar-refractivity contribution in [2.24, 2.45) is 7.05 Å². The maximum absolute atomic E-state index is 6.15. The predicted octanol–water partition coefficient (Wildman–Crippen LogP) is 2.07. The Morgan fingerprint density at radius 1 is 1.35 bits per heavy atom. The second-order valence-electron chi connectivity index (χ2n) is 4.06. The molecule has 2 rings (SSSR count). The fourth-order valence-corrected chi connectivity index (χ4v) is 1.87. The van der Waals surface area contributed by atoms with Crippen LogP contribution in [0.5, 0.6) is 0 Å². The average molecular weight is 251 g/mol. The van der Waals surface area contributed by atoms with Gasteiger partial charge in [-0.1, -0.05) is 23.7 Å². The zero-order valence-electron chi connectivity index (χ0n) is 9.94. The van der Waals surface area contributed by atoms with Crippen molar-refractivity contribution in [3.05, 3.63) is 46.5 Å². The van der Waals surface area contributed by atoms with Crippen LogP contribution in [0.25, 0.3) is 0 Å². The molecule has 0 bridgehead atoms. The highest BCUT2D eigenvalue weighted by Gasteiger charge is 2.02. The predicted molar refractivity (Wildman–Crippen MR) is 67.7 cm³/mol. The van der Waals surface area contributed by atoms with Crippen molar-refractivity contribution in [1.29, 1.82) is 0 Å². The molecule has 0 radical (unpaired) electrons. The minimum absolute atomic E-state index is 0.681. The van der Waals surface area contributed by atoms with Crippen LogP contribution >= 0.6 is 11.6 Å². The van der Waals surface area contributed by atoms with Gasteiger partial charge in [-0.2, -0.15) is 0 Å². The van der Waals surface area contributed by atoms with Crippen molar-refractivity contribution >= 4 is 11.6 Å². The van der Waals surface area contributed by atoms with Crippen LogP contribution in [-0.2, 0) is 20.1 Å². The molecule has 0 atom stereocenters. The normalized spacial score (nSPS) is 10.8. The Morgan fingerprint density at radius 3 is 2.82 bits per heavy atom. The highest BCUT2D eigenvalue weighted by molar-refractivity contribution is 6.31. The quantitative estimate of drug-likeness (QED) is 0.903. The minimum Gasteiger partial charge on any atom is -0.320 e. The number of rotatable bonds is 4. The molecule has 5 heteroatoms. The van der Waals surface area contributed by atoms with E-state index in [9.17, 15) is 0 Å². The summed E-state index contributed by atoms with van der Waals surface area (Å²) in [5.41, 5.74) is 2.27. The molecule has 0 amide bonds. The van der Waals surface area contributed by atoms with Crippen LogP contribution in [-0.4, -0.2) is 14.8 Å². The second kappa shape index (κ2) is 5.29. The first-order chi connectivity index (χ1) is 8.16. The molecule has 1 aromatic heterocycles. The van der Waals surface area contributed by atoms with Gasteiger partial charge >= 0.3 is 0 Å². The van der Waals surface area contributed by atoms with Crippen molar-refractivity contribution in [2.75, 3.05) is 0 Å². The van der Waals surface area contributed by atoms with Gasteiger partial charge in [-0.3, -0.25) is 0 Å². The molecule has 90 valence electrons. The number of halogens is 1. The largest absolute Gasteiger partial charge is 0.320 e. The number of aromatic nitrogens is 3. The number of hydrogen-bond acceptors (Lipinski definition) is 3. The molecule has 17 heavy (non-hydrogen) atoms. The third kappa shape index (κ3) is 3.05. The molecule has 0 spiro atoms. The van der Waals surface area contributed by atoms with Gasteiger partial charge in [0.1, 0.15) is 12.2 Å². The first-order valence-corrected chi connectivity index (χ1v) is 5.83. The van der Waals surface area contributed by atoms with Gasteiger partial charge in [0.15, 0.2) is 0 Å². The number of benzene rings is 1. The molecule has 1 N–H and O–H groups in total. The van der Waals surface area contributed by atoms with E-state index >= 15 is 0 Å². The first kappa shape index (κ1) is 12.1. The lowest BCUT2D eigenvalue weighted by atomic mass is 10.1. The molecule has 1 aromatic carbocycles. The Hall–Kier alpha value is -1.39. The van der Waals surface area contributed by atoms with Gasteiger partial charge in [0.05, 0.1) is 6.54 Å². The highest BCUT2D eigenvalue weighted by Crippen LogP contribution is 2.17. The third-order valence-electron chi connectivity index (χ3n) is 2.61. The van der Waals surface area contributed by atoms with Crippen molar-refractivity contribution < 1.29 is 0 Å². The molecule has 2 aromatic rings. The summed E-state index contributed by atoms with van der Waals surface area (Å²) in [5, 5.41) is 11.9. The minimum atomic E-state index is 0.681. The molecular formula is C12H15ClN4. The molecule has 0 saturated carbocycles. The van der Waals surface area contributed by atoms with Gasteiger partial charge in [-0.25, -0.2) is 0 Å². The fourth-order valence-electron chi connectivity index (χ4n) is 1.57. The zero-order chi connectivity index (χ0) is 12.3. The second-order valence-corrected chi connectivity index (χ2v) is 4.46. The van der Waals surface area contributed by atoms with E-state index in [1.807, 2.05) is 30.7 Å². The summed E-state index contributed by atoms with van der Waals surface area (Å²) in [5.74, 6) is 0.910.